The molecule has 4 nitrogen and oxygen atoms in total. The van der Waals surface area contributed by atoms with E-state index in [1.165, 1.54) is 31.0 Å². The van der Waals surface area contributed by atoms with Crippen molar-refractivity contribution in [3.05, 3.63) is 29.8 Å². The zero-order valence-corrected chi connectivity index (χ0v) is 9.93. The van der Waals surface area contributed by atoms with Crippen LogP contribution in [0.5, 0.6) is 0 Å². The predicted molar refractivity (Wildman–Crippen MR) is 62.5 cm³/mol. The second-order valence-electron chi connectivity index (χ2n) is 4.89. The fourth-order valence-corrected chi connectivity index (χ4v) is 2.43. The number of hydrogen-bond donors (Lipinski definition) is 1. The van der Waals surface area contributed by atoms with E-state index in [2.05, 4.69) is 10.3 Å². The Balaban J connectivity index is 1.66. The number of nitrogens with one attached hydrogen (secondary N) is 1. The van der Waals surface area contributed by atoms with Crippen LogP contribution in [0.4, 0.5) is 4.39 Å². The van der Waals surface area contributed by atoms with E-state index >= 15 is 0 Å². The number of ether oxygens (including phenoxy) is 1. The van der Waals surface area contributed by atoms with Crippen molar-refractivity contribution in [1.82, 2.24) is 10.3 Å². The Bertz CT molecular complexity index is 462. The highest BCUT2D eigenvalue weighted by molar-refractivity contribution is 5.92. The second-order valence-corrected chi connectivity index (χ2v) is 4.89. The van der Waals surface area contributed by atoms with Crippen molar-refractivity contribution < 1.29 is 13.9 Å². The molecule has 1 saturated heterocycles. The zero-order chi connectivity index (χ0) is 12.5. The average Bonchev–Trinajstić information content (AvgIpc) is 3.10. The first-order valence-electron chi connectivity index (χ1n) is 6.29. The topological polar surface area (TPSA) is 51.2 Å². The Morgan fingerprint density at radius 1 is 1.39 bits per heavy atom. The highest BCUT2D eigenvalue weighted by atomic mass is 19.1. The summed E-state index contributed by atoms with van der Waals surface area (Å²) in [5.74, 6) is -0.377. The molecule has 2 fully saturated rings. The Morgan fingerprint density at radius 3 is 2.94 bits per heavy atom. The number of carbonyl (C=O) groups is 1. The number of rotatable bonds is 3. The van der Waals surface area contributed by atoms with Gasteiger partial charge in [-0.1, -0.05) is 6.07 Å². The van der Waals surface area contributed by atoms with Crippen LogP contribution in [0, 0.1) is 11.9 Å². The number of halogens is 1. The van der Waals surface area contributed by atoms with E-state index in [0.717, 1.165) is 6.42 Å². The summed E-state index contributed by atoms with van der Waals surface area (Å²) in [6, 6.07) is 4.26. The lowest BCUT2D eigenvalue weighted by Gasteiger charge is -2.19. The Hall–Kier alpha value is -1.49. The molecule has 3 rings (SSSR count). The minimum absolute atomic E-state index is 0.0371. The van der Waals surface area contributed by atoms with Gasteiger partial charge in [-0.05, 0) is 37.3 Å². The van der Waals surface area contributed by atoms with E-state index in [1.54, 1.807) is 0 Å². The lowest BCUT2D eigenvalue weighted by Crippen LogP contribution is -2.41. The van der Waals surface area contributed by atoms with Crippen molar-refractivity contribution in [3.63, 3.8) is 0 Å². The molecule has 1 aliphatic carbocycles. The Morgan fingerprint density at radius 2 is 2.22 bits per heavy atom. The van der Waals surface area contributed by atoms with E-state index in [-0.39, 0.29) is 23.7 Å². The Kier molecular flexibility index (Phi) is 2.99. The van der Waals surface area contributed by atoms with E-state index in [1.807, 2.05) is 0 Å². The van der Waals surface area contributed by atoms with Gasteiger partial charge in [0.2, 0.25) is 5.95 Å². The van der Waals surface area contributed by atoms with Gasteiger partial charge in [0.1, 0.15) is 5.69 Å². The minimum Gasteiger partial charge on any atom is -0.376 e. The summed E-state index contributed by atoms with van der Waals surface area (Å²) < 4.78 is 18.6. The first-order valence-corrected chi connectivity index (χ1v) is 6.29. The molecule has 1 aromatic rings. The molecule has 2 unspecified atom stereocenters. The highest BCUT2D eigenvalue weighted by Gasteiger charge is 2.41. The standard InChI is InChI=1S/C13H15FN2O2/c14-11-3-1-2-10(15-11)13(17)16-9-6-7-18-12(9)8-4-5-8/h1-3,8-9,12H,4-7H2,(H,16,17). The second kappa shape index (κ2) is 4.65. The number of nitrogens with zero attached hydrogens (tertiary/aromatic N) is 1. The van der Waals surface area contributed by atoms with Gasteiger partial charge in [-0.25, -0.2) is 4.98 Å². The number of carbonyl (C=O) groups excluding carboxylic acids is 1. The fraction of sp³-hybridized carbons (Fsp3) is 0.538. The van der Waals surface area contributed by atoms with Crippen LogP contribution in [-0.2, 0) is 4.74 Å². The maximum absolute atomic E-state index is 12.9. The van der Waals surface area contributed by atoms with Crippen LogP contribution in [0.3, 0.4) is 0 Å². The molecule has 96 valence electrons. The van der Waals surface area contributed by atoms with Gasteiger partial charge < -0.3 is 10.1 Å². The number of pyridine rings is 1. The molecular formula is C13H15FN2O2. The SMILES string of the molecule is O=C(NC1CCOC1C1CC1)c1cccc(F)n1. The van der Waals surface area contributed by atoms with Gasteiger partial charge in [0.15, 0.2) is 0 Å². The summed E-state index contributed by atoms with van der Waals surface area (Å²) >= 11 is 0. The van der Waals surface area contributed by atoms with Gasteiger partial charge in [-0.2, -0.15) is 4.39 Å². The third-order valence-electron chi connectivity index (χ3n) is 3.49. The van der Waals surface area contributed by atoms with Crippen molar-refractivity contribution in [2.45, 2.75) is 31.4 Å². The molecule has 1 aromatic heterocycles. The van der Waals surface area contributed by atoms with Crippen LogP contribution in [0.15, 0.2) is 18.2 Å². The fourth-order valence-electron chi connectivity index (χ4n) is 2.43. The quantitative estimate of drug-likeness (QED) is 0.827. The molecule has 5 heteroatoms. The summed E-state index contributed by atoms with van der Waals surface area (Å²) in [6.45, 7) is 0.683. The smallest absolute Gasteiger partial charge is 0.270 e. The van der Waals surface area contributed by atoms with E-state index in [4.69, 9.17) is 4.74 Å². The van der Waals surface area contributed by atoms with Gasteiger partial charge in [0, 0.05) is 6.61 Å². The van der Waals surface area contributed by atoms with Gasteiger partial charge in [-0.3, -0.25) is 4.79 Å². The van der Waals surface area contributed by atoms with Crippen LogP contribution in [0.25, 0.3) is 0 Å². The van der Waals surface area contributed by atoms with Crippen molar-refractivity contribution in [2.24, 2.45) is 5.92 Å². The van der Waals surface area contributed by atoms with Crippen molar-refractivity contribution >= 4 is 5.91 Å². The number of aromatic nitrogens is 1. The predicted octanol–water partition coefficient (Wildman–Crippen LogP) is 1.52. The molecule has 0 bridgehead atoms. The summed E-state index contributed by atoms with van der Waals surface area (Å²) in [7, 11) is 0. The van der Waals surface area contributed by atoms with Crippen LogP contribution in [0.2, 0.25) is 0 Å². The minimum atomic E-state index is -0.635. The molecule has 1 amide bonds. The van der Waals surface area contributed by atoms with Gasteiger partial charge in [0.25, 0.3) is 5.91 Å². The van der Waals surface area contributed by atoms with E-state index < -0.39 is 5.95 Å². The van der Waals surface area contributed by atoms with Crippen LogP contribution >= 0.6 is 0 Å². The molecule has 2 aliphatic rings. The van der Waals surface area contributed by atoms with E-state index in [9.17, 15) is 9.18 Å². The molecular weight excluding hydrogens is 235 g/mol. The maximum atomic E-state index is 12.9. The molecule has 1 N–H and O–H groups in total. The summed E-state index contributed by atoms with van der Waals surface area (Å²) in [6.07, 6.45) is 3.30. The van der Waals surface area contributed by atoms with Crippen LogP contribution in [-0.4, -0.2) is 29.6 Å². The largest absolute Gasteiger partial charge is 0.376 e. The molecule has 0 spiro atoms. The summed E-state index contributed by atoms with van der Waals surface area (Å²) in [5, 5.41) is 2.90. The maximum Gasteiger partial charge on any atom is 0.270 e. The van der Waals surface area contributed by atoms with Crippen LogP contribution < -0.4 is 5.32 Å². The first-order chi connectivity index (χ1) is 8.74. The molecule has 18 heavy (non-hydrogen) atoms. The molecule has 2 heterocycles. The summed E-state index contributed by atoms with van der Waals surface area (Å²) in [5.41, 5.74) is 0.122. The molecule has 0 aromatic carbocycles. The monoisotopic (exact) mass is 250 g/mol. The third-order valence-corrected chi connectivity index (χ3v) is 3.49. The summed E-state index contributed by atoms with van der Waals surface area (Å²) in [4.78, 5) is 15.5. The highest BCUT2D eigenvalue weighted by Crippen LogP contribution is 2.38. The first kappa shape index (κ1) is 11.6. The van der Waals surface area contributed by atoms with E-state index in [0.29, 0.717) is 12.5 Å². The molecule has 1 aliphatic heterocycles. The number of amides is 1. The van der Waals surface area contributed by atoms with Gasteiger partial charge in [0.05, 0.1) is 12.1 Å². The van der Waals surface area contributed by atoms with Crippen LogP contribution in [0.1, 0.15) is 29.8 Å². The lowest BCUT2D eigenvalue weighted by atomic mass is 10.1. The molecule has 1 saturated carbocycles. The Labute approximate surface area is 105 Å². The normalized spacial score (nSPS) is 27.2. The van der Waals surface area contributed by atoms with Crippen molar-refractivity contribution in [3.8, 4) is 0 Å². The van der Waals surface area contributed by atoms with Gasteiger partial charge in [-0.15, -0.1) is 0 Å². The van der Waals surface area contributed by atoms with Crippen molar-refractivity contribution in [2.75, 3.05) is 6.61 Å². The molecule has 2 atom stereocenters. The van der Waals surface area contributed by atoms with Crippen molar-refractivity contribution in [1.29, 1.82) is 0 Å². The number of hydrogen-bond acceptors (Lipinski definition) is 3. The van der Waals surface area contributed by atoms with Gasteiger partial charge >= 0.3 is 0 Å². The third kappa shape index (κ3) is 2.36. The molecule has 0 radical (unpaired) electrons. The zero-order valence-electron chi connectivity index (χ0n) is 9.93. The lowest BCUT2D eigenvalue weighted by molar-refractivity contribution is 0.0727. The average molecular weight is 250 g/mol.